The lowest BCUT2D eigenvalue weighted by Gasteiger charge is -2.26. The van der Waals surface area contributed by atoms with Crippen LogP contribution in [-0.4, -0.2) is 31.8 Å². The van der Waals surface area contributed by atoms with E-state index in [0.29, 0.717) is 24.5 Å². The molecule has 5 nitrogen and oxygen atoms in total. The minimum absolute atomic E-state index is 0. The fourth-order valence-electron chi connectivity index (χ4n) is 2.42. The molecule has 130 valence electrons. The van der Waals surface area contributed by atoms with Gasteiger partial charge in [0.1, 0.15) is 5.75 Å². The first kappa shape index (κ1) is 19.6. The highest BCUT2D eigenvalue weighted by Gasteiger charge is 2.26. The number of rotatable bonds is 5. The van der Waals surface area contributed by atoms with Crippen molar-refractivity contribution in [2.75, 3.05) is 18.5 Å². The summed E-state index contributed by atoms with van der Waals surface area (Å²) in [7, 11) is 0. The zero-order chi connectivity index (χ0) is 16.1. The molecular formula is C15H21ClF2N2O3. The molecule has 1 unspecified atom stereocenters. The molecule has 0 aliphatic carbocycles. The summed E-state index contributed by atoms with van der Waals surface area (Å²) in [5.41, 5.74) is 6.91. The Hall–Kier alpha value is -1.44. The van der Waals surface area contributed by atoms with Crippen molar-refractivity contribution in [1.29, 1.82) is 0 Å². The lowest BCUT2D eigenvalue weighted by atomic mass is 9.92. The summed E-state index contributed by atoms with van der Waals surface area (Å²) in [4.78, 5) is 12.2. The van der Waals surface area contributed by atoms with Crippen molar-refractivity contribution in [2.24, 2.45) is 11.7 Å². The Morgan fingerprint density at radius 2 is 2.04 bits per heavy atom. The van der Waals surface area contributed by atoms with Crippen molar-refractivity contribution in [2.45, 2.75) is 32.4 Å². The Balaban J connectivity index is 0.00000264. The van der Waals surface area contributed by atoms with Gasteiger partial charge in [-0.05, 0) is 37.3 Å². The highest BCUT2D eigenvalue weighted by Crippen LogP contribution is 2.25. The summed E-state index contributed by atoms with van der Waals surface area (Å²) in [6.07, 6.45) is 1.48. The number of hydrogen-bond acceptors (Lipinski definition) is 4. The van der Waals surface area contributed by atoms with Gasteiger partial charge in [0.2, 0.25) is 5.91 Å². The molecule has 0 spiro atoms. The summed E-state index contributed by atoms with van der Waals surface area (Å²) in [6, 6.07) is 3.95. The summed E-state index contributed by atoms with van der Waals surface area (Å²) >= 11 is 0. The molecular weight excluding hydrogens is 330 g/mol. The average molecular weight is 351 g/mol. The van der Waals surface area contributed by atoms with Gasteiger partial charge < -0.3 is 20.5 Å². The molecule has 1 aromatic rings. The molecule has 8 heteroatoms. The Kier molecular flexibility index (Phi) is 7.67. The Morgan fingerprint density at radius 1 is 1.39 bits per heavy atom. The third-order valence-electron chi connectivity index (χ3n) is 3.75. The van der Waals surface area contributed by atoms with Crippen LogP contribution in [0, 0.1) is 12.8 Å². The quantitative estimate of drug-likeness (QED) is 0.856. The first-order valence-corrected chi connectivity index (χ1v) is 7.17. The molecule has 1 heterocycles. The molecule has 1 saturated heterocycles. The van der Waals surface area contributed by atoms with E-state index < -0.39 is 12.7 Å². The molecule has 1 aliphatic rings. The van der Waals surface area contributed by atoms with Crippen LogP contribution in [0.25, 0.3) is 0 Å². The van der Waals surface area contributed by atoms with Gasteiger partial charge in [0.25, 0.3) is 0 Å². The van der Waals surface area contributed by atoms with Gasteiger partial charge >= 0.3 is 6.61 Å². The number of nitrogens with one attached hydrogen (secondary N) is 1. The van der Waals surface area contributed by atoms with Crippen LogP contribution in [0.4, 0.5) is 14.5 Å². The van der Waals surface area contributed by atoms with E-state index in [0.717, 1.165) is 12.8 Å². The molecule has 0 aromatic heterocycles. The number of carbonyl (C=O) groups is 1. The van der Waals surface area contributed by atoms with Gasteiger partial charge in [0.05, 0.1) is 6.04 Å². The predicted molar refractivity (Wildman–Crippen MR) is 85.2 cm³/mol. The lowest BCUT2D eigenvalue weighted by Crippen LogP contribution is -2.44. The number of halogens is 3. The molecule has 1 aromatic carbocycles. The number of ether oxygens (including phenoxy) is 2. The van der Waals surface area contributed by atoms with E-state index in [1.807, 2.05) is 0 Å². The number of hydrogen-bond donors (Lipinski definition) is 2. The zero-order valence-corrected chi connectivity index (χ0v) is 13.6. The van der Waals surface area contributed by atoms with Crippen LogP contribution < -0.4 is 15.8 Å². The van der Waals surface area contributed by atoms with Gasteiger partial charge in [0.15, 0.2) is 0 Å². The Bertz CT molecular complexity index is 525. The van der Waals surface area contributed by atoms with Gasteiger partial charge in [-0.15, -0.1) is 12.4 Å². The summed E-state index contributed by atoms with van der Waals surface area (Å²) < 4.78 is 34.3. The van der Waals surface area contributed by atoms with E-state index in [4.69, 9.17) is 10.5 Å². The van der Waals surface area contributed by atoms with E-state index in [1.165, 1.54) is 6.07 Å². The van der Waals surface area contributed by atoms with Crippen molar-refractivity contribution in [3.63, 3.8) is 0 Å². The van der Waals surface area contributed by atoms with Crippen LogP contribution >= 0.6 is 12.4 Å². The van der Waals surface area contributed by atoms with Gasteiger partial charge in [-0.1, -0.05) is 6.07 Å². The van der Waals surface area contributed by atoms with Crippen molar-refractivity contribution in [1.82, 2.24) is 0 Å². The zero-order valence-electron chi connectivity index (χ0n) is 12.8. The molecule has 1 atom stereocenters. The second-order valence-corrected chi connectivity index (χ2v) is 5.32. The topological polar surface area (TPSA) is 73.6 Å². The van der Waals surface area contributed by atoms with Crippen molar-refractivity contribution in [3.8, 4) is 5.75 Å². The second-order valence-electron chi connectivity index (χ2n) is 5.32. The van der Waals surface area contributed by atoms with Crippen molar-refractivity contribution in [3.05, 3.63) is 23.8 Å². The number of carbonyl (C=O) groups excluding carboxylic acids is 1. The van der Waals surface area contributed by atoms with Crippen LogP contribution in [-0.2, 0) is 9.53 Å². The molecule has 0 saturated carbocycles. The van der Waals surface area contributed by atoms with E-state index in [1.54, 1.807) is 19.1 Å². The Morgan fingerprint density at radius 3 is 2.65 bits per heavy atom. The molecule has 0 bridgehead atoms. The lowest BCUT2D eigenvalue weighted by molar-refractivity contribution is -0.119. The molecule has 1 amide bonds. The molecule has 1 aliphatic heterocycles. The fraction of sp³-hybridized carbons (Fsp3) is 0.533. The van der Waals surface area contributed by atoms with E-state index >= 15 is 0 Å². The fourth-order valence-corrected chi connectivity index (χ4v) is 2.42. The first-order chi connectivity index (χ1) is 10.5. The Labute approximate surface area is 139 Å². The van der Waals surface area contributed by atoms with Crippen LogP contribution in [0.1, 0.15) is 18.4 Å². The maximum absolute atomic E-state index is 12.3. The van der Waals surface area contributed by atoms with Gasteiger partial charge in [-0.2, -0.15) is 8.78 Å². The summed E-state index contributed by atoms with van der Waals surface area (Å²) in [5.74, 6) is -0.234. The van der Waals surface area contributed by atoms with Crippen LogP contribution in [0.15, 0.2) is 18.2 Å². The molecule has 23 heavy (non-hydrogen) atoms. The number of alkyl halides is 2. The molecule has 2 rings (SSSR count). The number of benzene rings is 1. The van der Waals surface area contributed by atoms with Crippen LogP contribution in [0.5, 0.6) is 5.75 Å². The normalized spacial score (nSPS) is 16.6. The monoisotopic (exact) mass is 350 g/mol. The molecule has 0 radical (unpaired) electrons. The van der Waals surface area contributed by atoms with Crippen LogP contribution in [0.2, 0.25) is 0 Å². The predicted octanol–water partition coefficient (Wildman–Crippen LogP) is 2.71. The smallest absolute Gasteiger partial charge is 0.387 e. The highest BCUT2D eigenvalue weighted by molar-refractivity contribution is 5.95. The SMILES string of the molecule is Cc1ccc(NC(=O)C(N)C2CCOCC2)cc1OC(F)F.Cl. The minimum Gasteiger partial charge on any atom is -0.434 e. The van der Waals surface area contributed by atoms with Crippen LogP contribution in [0.3, 0.4) is 0 Å². The number of nitrogens with two attached hydrogens (primary N) is 1. The number of amides is 1. The third kappa shape index (κ3) is 5.60. The highest BCUT2D eigenvalue weighted by atomic mass is 35.5. The van der Waals surface area contributed by atoms with Gasteiger partial charge in [-0.25, -0.2) is 0 Å². The summed E-state index contributed by atoms with van der Waals surface area (Å²) in [5, 5.41) is 2.65. The van der Waals surface area contributed by atoms with E-state index in [-0.39, 0.29) is 30.0 Å². The average Bonchev–Trinajstić information content (AvgIpc) is 2.50. The molecule has 1 fully saturated rings. The second kappa shape index (κ2) is 9.00. The maximum atomic E-state index is 12.3. The minimum atomic E-state index is -2.91. The standard InChI is InChI=1S/C15H20F2N2O3.ClH/c1-9-2-3-11(8-12(9)22-15(16)17)19-14(20)13(18)10-4-6-21-7-5-10;/h2-3,8,10,13,15H,4-7,18H2,1H3,(H,19,20);1H. The van der Waals surface area contributed by atoms with Gasteiger partial charge in [0, 0.05) is 25.0 Å². The maximum Gasteiger partial charge on any atom is 0.387 e. The largest absolute Gasteiger partial charge is 0.434 e. The first-order valence-electron chi connectivity index (χ1n) is 7.17. The van der Waals surface area contributed by atoms with Crippen molar-refractivity contribution < 1.29 is 23.0 Å². The van der Waals surface area contributed by atoms with Gasteiger partial charge in [-0.3, -0.25) is 4.79 Å². The third-order valence-corrected chi connectivity index (χ3v) is 3.75. The van der Waals surface area contributed by atoms with E-state index in [9.17, 15) is 13.6 Å². The number of aryl methyl sites for hydroxylation is 1. The van der Waals surface area contributed by atoms with Crippen molar-refractivity contribution >= 4 is 24.0 Å². The molecule has 3 N–H and O–H groups in total. The van der Waals surface area contributed by atoms with E-state index in [2.05, 4.69) is 10.1 Å². The number of anilines is 1. The summed E-state index contributed by atoms with van der Waals surface area (Å²) in [6.45, 7) is -0.0588.